The summed E-state index contributed by atoms with van der Waals surface area (Å²) in [4.78, 5) is 0. The van der Waals surface area contributed by atoms with Gasteiger partial charge in [-0.2, -0.15) is 0 Å². The van der Waals surface area contributed by atoms with Gasteiger partial charge in [0.25, 0.3) is 0 Å². The third-order valence-electron chi connectivity index (χ3n) is 3.52. The Bertz CT molecular complexity index is 661. The Labute approximate surface area is 136 Å². The lowest BCUT2D eigenvalue weighted by Crippen LogP contribution is -2.12. The molecule has 0 aromatic heterocycles. The van der Waals surface area contributed by atoms with E-state index in [0.29, 0.717) is 0 Å². The standard InChI is InChI=1S/C18H18.2C2H6/c1-18(2,3)17-15-10-6-4-8-13(15)12-14-9-5-7-11-16(14)17;2*1-2/h4-12H,1-3H3;2*1-2H3. The Morgan fingerprint density at radius 1 is 0.591 bits per heavy atom. The van der Waals surface area contributed by atoms with E-state index in [1.807, 2.05) is 27.7 Å². The molecule has 3 rings (SSSR count). The zero-order valence-corrected chi connectivity index (χ0v) is 15.2. The molecular weight excluding hydrogens is 264 g/mol. The Morgan fingerprint density at radius 2 is 0.955 bits per heavy atom. The van der Waals surface area contributed by atoms with Crippen LogP contribution in [0, 0.1) is 0 Å². The van der Waals surface area contributed by atoms with Crippen LogP contribution in [-0.4, -0.2) is 0 Å². The maximum atomic E-state index is 2.29. The lowest BCUT2D eigenvalue weighted by atomic mass is 9.80. The fraction of sp³-hybridized carbons (Fsp3) is 0.364. The van der Waals surface area contributed by atoms with Crippen molar-refractivity contribution < 1.29 is 0 Å². The van der Waals surface area contributed by atoms with Crippen molar-refractivity contribution in [1.29, 1.82) is 0 Å². The van der Waals surface area contributed by atoms with E-state index < -0.39 is 0 Å². The Hall–Kier alpha value is -1.82. The molecule has 0 saturated heterocycles. The van der Waals surface area contributed by atoms with E-state index in [-0.39, 0.29) is 5.41 Å². The van der Waals surface area contributed by atoms with Gasteiger partial charge >= 0.3 is 0 Å². The van der Waals surface area contributed by atoms with Crippen LogP contribution in [0.5, 0.6) is 0 Å². The minimum absolute atomic E-state index is 0.153. The van der Waals surface area contributed by atoms with Gasteiger partial charge in [0.05, 0.1) is 0 Å². The summed E-state index contributed by atoms with van der Waals surface area (Å²) in [5, 5.41) is 5.43. The van der Waals surface area contributed by atoms with Crippen molar-refractivity contribution in [2.24, 2.45) is 0 Å². The van der Waals surface area contributed by atoms with Crippen molar-refractivity contribution in [3.8, 4) is 0 Å². The molecule has 3 aromatic carbocycles. The molecule has 0 aliphatic heterocycles. The lowest BCUT2D eigenvalue weighted by molar-refractivity contribution is 0.601. The van der Waals surface area contributed by atoms with Crippen molar-refractivity contribution >= 4 is 21.5 Å². The van der Waals surface area contributed by atoms with Gasteiger partial charge in [-0.05, 0) is 38.6 Å². The first-order chi connectivity index (χ1) is 10.6. The fourth-order valence-corrected chi connectivity index (χ4v) is 2.82. The average molecular weight is 294 g/mol. The predicted molar refractivity (Wildman–Crippen MR) is 103 cm³/mol. The van der Waals surface area contributed by atoms with Gasteiger partial charge in [0, 0.05) is 0 Å². The molecule has 0 unspecified atom stereocenters. The number of hydrogen-bond donors (Lipinski definition) is 0. The molecule has 0 N–H and O–H groups in total. The molecule has 0 aliphatic rings. The molecule has 0 aliphatic carbocycles. The second-order valence-electron chi connectivity index (χ2n) is 5.94. The van der Waals surface area contributed by atoms with E-state index in [1.165, 1.54) is 27.1 Å². The highest BCUT2D eigenvalue weighted by Gasteiger charge is 2.19. The summed E-state index contributed by atoms with van der Waals surface area (Å²) in [5.74, 6) is 0. The Morgan fingerprint density at radius 3 is 1.32 bits per heavy atom. The van der Waals surface area contributed by atoms with Crippen LogP contribution in [0.2, 0.25) is 0 Å². The summed E-state index contributed by atoms with van der Waals surface area (Å²) in [5.41, 5.74) is 1.61. The van der Waals surface area contributed by atoms with Gasteiger partial charge in [-0.15, -0.1) is 0 Å². The number of fused-ring (bicyclic) bond motifs is 2. The van der Waals surface area contributed by atoms with Crippen molar-refractivity contribution in [2.75, 3.05) is 0 Å². The maximum Gasteiger partial charge on any atom is -0.0120 e. The van der Waals surface area contributed by atoms with Crippen LogP contribution in [0.15, 0.2) is 54.6 Å². The number of hydrogen-bond acceptors (Lipinski definition) is 0. The zero-order chi connectivity index (χ0) is 16.8. The van der Waals surface area contributed by atoms with Crippen molar-refractivity contribution in [3.05, 3.63) is 60.2 Å². The summed E-state index contributed by atoms with van der Waals surface area (Å²) >= 11 is 0. The second kappa shape index (κ2) is 7.98. The van der Waals surface area contributed by atoms with Crippen LogP contribution < -0.4 is 0 Å². The minimum atomic E-state index is 0.153. The normalized spacial score (nSPS) is 10.5. The zero-order valence-electron chi connectivity index (χ0n) is 15.2. The molecule has 0 heteroatoms. The summed E-state index contributed by atoms with van der Waals surface area (Å²) < 4.78 is 0. The predicted octanol–water partition coefficient (Wildman–Crippen LogP) is 7.34. The molecule has 22 heavy (non-hydrogen) atoms. The third kappa shape index (κ3) is 3.68. The van der Waals surface area contributed by atoms with E-state index >= 15 is 0 Å². The van der Waals surface area contributed by atoms with Crippen LogP contribution in [-0.2, 0) is 5.41 Å². The molecule has 0 heterocycles. The second-order valence-corrected chi connectivity index (χ2v) is 5.94. The Kier molecular flexibility index (Phi) is 6.61. The van der Waals surface area contributed by atoms with E-state index in [4.69, 9.17) is 0 Å². The van der Waals surface area contributed by atoms with Gasteiger partial charge in [-0.3, -0.25) is 0 Å². The van der Waals surface area contributed by atoms with Crippen molar-refractivity contribution in [2.45, 2.75) is 53.9 Å². The van der Waals surface area contributed by atoms with Gasteiger partial charge in [0.15, 0.2) is 0 Å². The first-order valence-electron chi connectivity index (χ1n) is 8.48. The molecule has 0 saturated carbocycles. The first kappa shape index (κ1) is 18.2. The molecule has 3 aromatic rings. The van der Waals surface area contributed by atoms with Gasteiger partial charge in [0.1, 0.15) is 0 Å². The molecule has 0 fully saturated rings. The quantitative estimate of drug-likeness (QED) is 0.380. The van der Waals surface area contributed by atoms with E-state index in [2.05, 4.69) is 75.4 Å². The van der Waals surface area contributed by atoms with Crippen LogP contribution in [0.1, 0.15) is 54.0 Å². The van der Waals surface area contributed by atoms with Gasteiger partial charge in [-0.1, -0.05) is 97.0 Å². The SMILES string of the molecule is CC.CC.CC(C)(C)c1c2ccccc2cc2ccccc12. The summed E-state index contributed by atoms with van der Waals surface area (Å²) in [6, 6.07) is 19.7. The molecule has 0 radical (unpaired) electrons. The van der Waals surface area contributed by atoms with Crippen LogP contribution >= 0.6 is 0 Å². The summed E-state index contributed by atoms with van der Waals surface area (Å²) in [6.07, 6.45) is 0. The fourth-order valence-electron chi connectivity index (χ4n) is 2.82. The maximum absolute atomic E-state index is 2.29. The highest BCUT2D eigenvalue weighted by atomic mass is 14.2. The molecule has 0 nitrogen and oxygen atoms in total. The average Bonchev–Trinajstić information content (AvgIpc) is 2.55. The smallest absolute Gasteiger partial charge is 0.0120 e. The topological polar surface area (TPSA) is 0 Å². The molecule has 118 valence electrons. The summed E-state index contributed by atoms with van der Waals surface area (Å²) in [6.45, 7) is 14.9. The number of benzene rings is 3. The molecule has 0 bridgehead atoms. The van der Waals surface area contributed by atoms with E-state index in [1.54, 1.807) is 0 Å². The van der Waals surface area contributed by atoms with Crippen LogP contribution in [0.3, 0.4) is 0 Å². The van der Waals surface area contributed by atoms with Gasteiger partial charge in [0.2, 0.25) is 0 Å². The van der Waals surface area contributed by atoms with Crippen LogP contribution in [0.4, 0.5) is 0 Å². The summed E-state index contributed by atoms with van der Waals surface area (Å²) in [7, 11) is 0. The van der Waals surface area contributed by atoms with E-state index in [9.17, 15) is 0 Å². The largest absolute Gasteiger partial charge is 0.0683 e. The molecule has 0 spiro atoms. The third-order valence-corrected chi connectivity index (χ3v) is 3.52. The lowest BCUT2D eigenvalue weighted by Gasteiger charge is -2.24. The Balaban J connectivity index is 0.000000561. The minimum Gasteiger partial charge on any atom is -0.0683 e. The molecule has 0 atom stereocenters. The highest BCUT2D eigenvalue weighted by molar-refractivity contribution is 6.03. The highest BCUT2D eigenvalue weighted by Crippen LogP contribution is 2.36. The first-order valence-corrected chi connectivity index (χ1v) is 8.48. The molecule has 0 amide bonds. The van der Waals surface area contributed by atoms with Crippen molar-refractivity contribution in [3.63, 3.8) is 0 Å². The molecular formula is C22H30. The van der Waals surface area contributed by atoms with Crippen LogP contribution in [0.25, 0.3) is 21.5 Å². The van der Waals surface area contributed by atoms with Gasteiger partial charge < -0.3 is 0 Å². The van der Waals surface area contributed by atoms with E-state index in [0.717, 1.165) is 0 Å². The monoisotopic (exact) mass is 294 g/mol. The number of rotatable bonds is 0. The van der Waals surface area contributed by atoms with Gasteiger partial charge in [-0.25, -0.2) is 0 Å². The van der Waals surface area contributed by atoms with Crippen molar-refractivity contribution in [1.82, 2.24) is 0 Å².